The van der Waals surface area contributed by atoms with Gasteiger partial charge in [0.2, 0.25) is 0 Å². The van der Waals surface area contributed by atoms with Gasteiger partial charge >= 0.3 is 0 Å². The van der Waals surface area contributed by atoms with E-state index < -0.39 is 0 Å². The van der Waals surface area contributed by atoms with E-state index in [2.05, 4.69) is 10.6 Å². The molecule has 3 heteroatoms. The van der Waals surface area contributed by atoms with Crippen LogP contribution in [-0.2, 0) is 4.74 Å². The van der Waals surface area contributed by atoms with Gasteiger partial charge in [0.25, 0.3) is 0 Å². The molecule has 116 valence electrons. The Morgan fingerprint density at radius 2 is 1.80 bits per heavy atom. The van der Waals surface area contributed by atoms with Crippen molar-refractivity contribution < 1.29 is 4.74 Å². The van der Waals surface area contributed by atoms with Crippen LogP contribution in [0.3, 0.4) is 0 Å². The molecule has 2 saturated carbocycles. The van der Waals surface area contributed by atoms with Gasteiger partial charge in [-0.05, 0) is 56.9 Å². The highest BCUT2D eigenvalue weighted by atomic mass is 16.5. The first-order valence-electron chi connectivity index (χ1n) is 8.98. The molecule has 0 aromatic rings. The summed E-state index contributed by atoms with van der Waals surface area (Å²) in [4.78, 5) is 0. The second-order valence-electron chi connectivity index (χ2n) is 7.08. The van der Waals surface area contributed by atoms with Crippen molar-refractivity contribution in [2.45, 2.75) is 69.9 Å². The fourth-order valence-corrected chi connectivity index (χ4v) is 3.99. The van der Waals surface area contributed by atoms with Crippen molar-refractivity contribution in [1.82, 2.24) is 10.6 Å². The summed E-state index contributed by atoms with van der Waals surface area (Å²) in [6, 6.07) is 1.50. The lowest BCUT2D eigenvalue weighted by Gasteiger charge is -2.40. The van der Waals surface area contributed by atoms with Gasteiger partial charge in [-0.15, -0.1) is 0 Å². The molecule has 20 heavy (non-hydrogen) atoms. The molecule has 3 aliphatic rings. The average molecular weight is 280 g/mol. The van der Waals surface area contributed by atoms with Gasteiger partial charge in [0, 0.05) is 25.2 Å². The minimum absolute atomic E-state index is 0.726. The van der Waals surface area contributed by atoms with E-state index >= 15 is 0 Å². The molecule has 3 rings (SSSR count). The first-order valence-corrected chi connectivity index (χ1v) is 8.98. The van der Waals surface area contributed by atoms with Gasteiger partial charge in [-0.3, -0.25) is 0 Å². The molecule has 1 aliphatic heterocycles. The maximum atomic E-state index is 5.75. The lowest BCUT2D eigenvalue weighted by Crippen LogP contribution is -2.51. The first-order chi connectivity index (χ1) is 9.93. The Hall–Kier alpha value is -0.120. The van der Waals surface area contributed by atoms with E-state index in [9.17, 15) is 0 Å². The maximum absolute atomic E-state index is 5.75. The molecule has 3 nitrogen and oxygen atoms in total. The van der Waals surface area contributed by atoms with E-state index in [1.165, 1.54) is 64.3 Å². The molecule has 0 spiro atoms. The van der Waals surface area contributed by atoms with Crippen LogP contribution >= 0.6 is 0 Å². The molecule has 3 fully saturated rings. The Kier molecular flexibility index (Phi) is 5.75. The molecule has 0 bridgehead atoms. The van der Waals surface area contributed by atoms with Crippen LogP contribution in [0.1, 0.15) is 57.8 Å². The van der Waals surface area contributed by atoms with Crippen molar-refractivity contribution in [3.63, 3.8) is 0 Å². The quantitative estimate of drug-likeness (QED) is 0.704. The first kappa shape index (κ1) is 14.8. The van der Waals surface area contributed by atoms with E-state index in [0.29, 0.717) is 0 Å². The summed E-state index contributed by atoms with van der Waals surface area (Å²) in [5.41, 5.74) is 0. The van der Waals surface area contributed by atoms with E-state index in [0.717, 1.165) is 43.7 Å². The van der Waals surface area contributed by atoms with Crippen molar-refractivity contribution >= 4 is 0 Å². The molecule has 3 atom stereocenters. The Bertz CT molecular complexity index is 274. The van der Waals surface area contributed by atoms with Gasteiger partial charge in [-0.2, -0.15) is 0 Å². The second-order valence-corrected chi connectivity index (χ2v) is 7.08. The zero-order valence-corrected chi connectivity index (χ0v) is 12.9. The number of nitrogens with one attached hydrogen (secondary N) is 2. The summed E-state index contributed by atoms with van der Waals surface area (Å²) in [5, 5.41) is 7.57. The highest BCUT2D eigenvalue weighted by molar-refractivity contribution is 4.90. The lowest BCUT2D eigenvalue weighted by molar-refractivity contribution is 0.114. The standard InChI is InChI=1S/C17H32N2O/c1-2-6-17(19-11-12-20-13-14-8-9-14)15(5-1)16-7-3-4-10-18-16/h14-19H,1-13H2. The molecule has 1 heterocycles. The summed E-state index contributed by atoms with van der Waals surface area (Å²) in [6.07, 6.45) is 12.6. The van der Waals surface area contributed by atoms with Crippen LogP contribution in [0.15, 0.2) is 0 Å². The normalized spacial score (nSPS) is 35.1. The largest absolute Gasteiger partial charge is 0.380 e. The fraction of sp³-hybridized carbons (Fsp3) is 1.00. The summed E-state index contributed by atoms with van der Waals surface area (Å²) >= 11 is 0. The maximum Gasteiger partial charge on any atom is 0.0591 e. The van der Waals surface area contributed by atoms with Crippen molar-refractivity contribution in [3.8, 4) is 0 Å². The van der Waals surface area contributed by atoms with E-state index in [-0.39, 0.29) is 0 Å². The third-order valence-electron chi connectivity index (χ3n) is 5.39. The Morgan fingerprint density at radius 3 is 2.60 bits per heavy atom. The van der Waals surface area contributed by atoms with Gasteiger partial charge in [0.1, 0.15) is 0 Å². The molecule has 0 radical (unpaired) electrons. The molecule has 1 saturated heterocycles. The molecule has 2 aliphatic carbocycles. The van der Waals surface area contributed by atoms with Crippen LogP contribution in [-0.4, -0.2) is 38.4 Å². The van der Waals surface area contributed by atoms with Crippen molar-refractivity contribution in [2.75, 3.05) is 26.3 Å². The summed E-state index contributed by atoms with van der Waals surface area (Å²) in [6.45, 7) is 4.18. The lowest BCUT2D eigenvalue weighted by atomic mass is 9.77. The van der Waals surface area contributed by atoms with Crippen LogP contribution in [0.25, 0.3) is 0 Å². The van der Waals surface area contributed by atoms with Crippen molar-refractivity contribution in [1.29, 1.82) is 0 Å². The minimum atomic E-state index is 0.726. The highest BCUT2D eigenvalue weighted by Gasteiger charge is 2.32. The molecule has 0 aromatic carbocycles. The van der Waals surface area contributed by atoms with Gasteiger partial charge in [0.15, 0.2) is 0 Å². The number of piperidine rings is 1. The number of hydrogen-bond acceptors (Lipinski definition) is 3. The van der Waals surface area contributed by atoms with E-state index in [1.54, 1.807) is 0 Å². The third kappa shape index (κ3) is 4.44. The highest BCUT2D eigenvalue weighted by Crippen LogP contribution is 2.30. The summed E-state index contributed by atoms with van der Waals surface area (Å²) in [7, 11) is 0. The zero-order valence-electron chi connectivity index (χ0n) is 12.9. The number of ether oxygens (including phenoxy) is 1. The SMILES string of the molecule is C1CCC(C2CCCCC2NCCOCC2CC2)NC1. The van der Waals surface area contributed by atoms with Gasteiger partial charge in [-0.1, -0.05) is 19.3 Å². The molecule has 2 N–H and O–H groups in total. The molecule has 0 amide bonds. The van der Waals surface area contributed by atoms with Crippen LogP contribution in [0.4, 0.5) is 0 Å². The fourth-order valence-electron chi connectivity index (χ4n) is 3.99. The summed E-state index contributed by atoms with van der Waals surface area (Å²) < 4.78 is 5.75. The Balaban J connectivity index is 1.37. The second kappa shape index (κ2) is 7.77. The number of rotatable bonds is 7. The molecule has 0 aromatic heterocycles. The average Bonchev–Trinajstić information content (AvgIpc) is 3.32. The minimum Gasteiger partial charge on any atom is -0.380 e. The van der Waals surface area contributed by atoms with E-state index in [4.69, 9.17) is 4.74 Å². The smallest absolute Gasteiger partial charge is 0.0591 e. The van der Waals surface area contributed by atoms with Gasteiger partial charge < -0.3 is 15.4 Å². The topological polar surface area (TPSA) is 33.3 Å². The predicted molar refractivity (Wildman–Crippen MR) is 82.9 cm³/mol. The van der Waals surface area contributed by atoms with Gasteiger partial charge in [0.05, 0.1) is 6.61 Å². The summed E-state index contributed by atoms with van der Waals surface area (Å²) in [5.74, 6) is 1.75. The van der Waals surface area contributed by atoms with Crippen LogP contribution in [0.2, 0.25) is 0 Å². The van der Waals surface area contributed by atoms with E-state index in [1.807, 2.05) is 0 Å². The zero-order chi connectivity index (χ0) is 13.6. The van der Waals surface area contributed by atoms with Crippen molar-refractivity contribution in [2.24, 2.45) is 11.8 Å². The van der Waals surface area contributed by atoms with Crippen LogP contribution in [0, 0.1) is 11.8 Å². The Labute approximate surface area is 124 Å². The molecular formula is C17H32N2O. The molecule has 3 unspecified atom stereocenters. The monoisotopic (exact) mass is 280 g/mol. The van der Waals surface area contributed by atoms with Crippen LogP contribution < -0.4 is 10.6 Å². The predicted octanol–water partition coefficient (Wildman–Crippen LogP) is 2.70. The van der Waals surface area contributed by atoms with Crippen molar-refractivity contribution in [3.05, 3.63) is 0 Å². The Morgan fingerprint density at radius 1 is 0.950 bits per heavy atom. The number of hydrogen-bond donors (Lipinski definition) is 2. The van der Waals surface area contributed by atoms with Crippen LogP contribution in [0.5, 0.6) is 0 Å². The third-order valence-corrected chi connectivity index (χ3v) is 5.39. The molecular weight excluding hydrogens is 248 g/mol. The van der Waals surface area contributed by atoms with Gasteiger partial charge in [-0.25, -0.2) is 0 Å².